The van der Waals surface area contributed by atoms with Gasteiger partial charge < -0.3 is 10.2 Å². The van der Waals surface area contributed by atoms with Gasteiger partial charge in [-0.25, -0.2) is 9.37 Å². The van der Waals surface area contributed by atoms with Gasteiger partial charge in [-0.1, -0.05) is 11.6 Å². The fourth-order valence-corrected chi connectivity index (χ4v) is 3.49. The first-order valence-electron chi connectivity index (χ1n) is 8.76. The summed E-state index contributed by atoms with van der Waals surface area (Å²) >= 11 is 5.77. The van der Waals surface area contributed by atoms with E-state index in [9.17, 15) is 9.18 Å². The Balaban J connectivity index is 1.53. The van der Waals surface area contributed by atoms with Crippen molar-refractivity contribution in [3.05, 3.63) is 40.6 Å². The quantitative estimate of drug-likeness (QED) is 0.867. The number of halogens is 2. The third-order valence-corrected chi connectivity index (χ3v) is 4.80. The van der Waals surface area contributed by atoms with E-state index in [4.69, 9.17) is 11.6 Å². The van der Waals surface area contributed by atoms with Crippen molar-refractivity contribution >= 4 is 23.3 Å². The SMILES string of the molecule is Cc1cc(C)n(CC(=O)NCC2CCCN(c3ncc(Cl)cc3F)C2)n1. The summed E-state index contributed by atoms with van der Waals surface area (Å²) in [5, 5.41) is 7.56. The molecule has 3 rings (SSSR count). The minimum atomic E-state index is -0.410. The van der Waals surface area contributed by atoms with E-state index in [1.807, 2.05) is 24.8 Å². The predicted molar refractivity (Wildman–Crippen MR) is 98.9 cm³/mol. The number of carbonyl (C=O) groups excluding carboxylic acids is 1. The molecule has 8 heteroatoms. The Labute approximate surface area is 157 Å². The van der Waals surface area contributed by atoms with E-state index in [0.717, 1.165) is 30.8 Å². The molecule has 2 aromatic heterocycles. The lowest BCUT2D eigenvalue weighted by molar-refractivity contribution is -0.122. The molecule has 0 saturated carbocycles. The molecule has 1 aliphatic rings. The average Bonchev–Trinajstić information content (AvgIpc) is 2.90. The normalized spacial score (nSPS) is 17.4. The number of nitrogens with one attached hydrogen (secondary N) is 1. The molecule has 1 atom stereocenters. The van der Waals surface area contributed by atoms with E-state index in [2.05, 4.69) is 15.4 Å². The molecule has 0 aliphatic carbocycles. The number of rotatable bonds is 5. The zero-order valence-electron chi connectivity index (χ0n) is 15.0. The van der Waals surface area contributed by atoms with Gasteiger partial charge in [-0.05, 0) is 44.7 Å². The van der Waals surface area contributed by atoms with Crippen molar-refractivity contribution in [1.82, 2.24) is 20.1 Å². The monoisotopic (exact) mass is 379 g/mol. The lowest BCUT2D eigenvalue weighted by Gasteiger charge is -2.33. The number of pyridine rings is 1. The van der Waals surface area contributed by atoms with Gasteiger partial charge in [-0.15, -0.1) is 0 Å². The molecule has 2 aromatic rings. The lowest BCUT2D eigenvalue weighted by atomic mass is 9.98. The fraction of sp³-hybridized carbons (Fsp3) is 0.500. The van der Waals surface area contributed by atoms with Gasteiger partial charge >= 0.3 is 0 Å². The maximum absolute atomic E-state index is 14.1. The van der Waals surface area contributed by atoms with Crippen molar-refractivity contribution in [2.75, 3.05) is 24.5 Å². The number of aromatic nitrogens is 3. The molecule has 26 heavy (non-hydrogen) atoms. The second kappa shape index (κ2) is 8.03. The van der Waals surface area contributed by atoms with Crippen molar-refractivity contribution < 1.29 is 9.18 Å². The molecule has 0 aromatic carbocycles. The van der Waals surface area contributed by atoms with Crippen LogP contribution < -0.4 is 10.2 Å². The zero-order valence-corrected chi connectivity index (χ0v) is 15.8. The summed E-state index contributed by atoms with van der Waals surface area (Å²) in [6.07, 6.45) is 3.38. The molecule has 1 amide bonds. The smallest absolute Gasteiger partial charge is 0.241 e. The highest BCUT2D eigenvalue weighted by Gasteiger charge is 2.23. The number of aryl methyl sites for hydroxylation is 2. The Morgan fingerprint density at radius 3 is 2.92 bits per heavy atom. The van der Waals surface area contributed by atoms with Crippen LogP contribution in [0.2, 0.25) is 5.02 Å². The predicted octanol–water partition coefficient (Wildman–Crippen LogP) is 2.72. The largest absolute Gasteiger partial charge is 0.354 e. The van der Waals surface area contributed by atoms with E-state index >= 15 is 0 Å². The summed E-state index contributed by atoms with van der Waals surface area (Å²) < 4.78 is 15.8. The minimum absolute atomic E-state index is 0.0656. The number of hydrogen-bond donors (Lipinski definition) is 1. The van der Waals surface area contributed by atoms with Crippen molar-refractivity contribution in [3.8, 4) is 0 Å². The molecule has 1 aliphatic heterocycles. The molecule has 3 heterocycles. The zero-order chi connectivity index (χ0) is 18.7. The molecule has 140 valence electrons. The fourth-order valence-electron chi connectivity index (χ4n) is 3.35. The van der Waals surface area contributed by atoms with Gasteiger partial charge in [0, 0.05) is 31.5 Å². The maximum atomic E-state index is 14.1. The number of hydrogen-bond acceptors (Lipinski definition) is 4. The van der Waals surface area contributed by atoms with E-state index in [-0.39, 0.29) is 23.4 Å². The lowest BCUT2D eigenvalue weighted by Crippen LogP contribution is -2.42. The van der Waals surface area contributed by atoms with Gasteiger partial charge in [0.1, 0.15) is 6.54 Å². The molecule has 0 spiro atoms. The molecule has 0 radical (unpaired) electrons. The van der Waals surface area contributed by atoms with Gasteiger partial charge in [-0.2, -0.15) is 5.10 Å². The summed E-state index contributed by atoms with van der Waals surface area (Å²) in [5.41, 5.74) is 1.86. The number of anilines is 1. The number of amides is 1. The van der Waals surface area contributed by atoms with E-state index in [1.165, 1.54) is 12.3 Å². The standard InChI is InChI=1S/C18H23ClFN5O/c1-12-6-13(2)25(23-12)11-17(26)21-8-14-4-3-5-24(10-14)18-16(20)7-15(19)9-22-18/h6-7,9,14H,3-5,8,10-11H2,1-2H3,(H,21,26). The maximum Gasteiger partial charge on any atom is 0.241 e. The molecular formula is C18H23ClFN5O. The molecule has 1 N–H and O–H groups in total. The summed E-state index contributed by atoms with van der Waals surface area (Å²) in [5.74, 6) is 0.105. The highest BCUT2D eigenvalue weighted by atomic mass is 35.5. The molecular weight excluding hydrogens is 357 g/mol. The second-order valence-corrected chi connectivity index (χ2v) is 7.24. The van der Waals surface area contributed by atoms with Crippen molar-refractivity contribution in [3.63, 3.8) is 0 Å². The average molecular weight is 380 g/mol. The Morgan fingerprint density at radius 2 is 2.23 bits per heavy atom. The van der Waals surface area contributed by atoms with Gasteiger partial charge in [-0.3, -0.25) is 9.48 Å². The van der Waals surface area contributed by atoms with Crippen molar-refractivity contribution in [2.45, 2.75) is 33.2 Å². The first-order chi connectivity index (χ1) is 12.4. The van der Waals surface area contributed by atoms with Crippen LogP contribution in [0.5, 0.6) is 0 Å². The van der Waals surface area contributed by atoms with Gasteiger partial charge in [0.05, 0.1) is 10.7 Å². The van der Waals surface area contributed by atoms with Gasteiger partial charge in [0.25, 0.3) is 0 Å². The van der Waals surface area contributed by atoms with Crippen LogP contribution in [0.15, 0.2) is 18.3 Å². The molecule has 0 bridgehead atoms. The van der Waals surface area contributed by atoms with Gasteiger partial charge in [0.2, 0.25) is 5.91 Å². The molecule has 6 nitrogen and oxygen atoms in total. The summed E-state index contributed by atoms with van der Waals surface area (Å²) in [6, 6.07) is 3.23. The topological polar surface area (TPSA) is 63.1 Å². The molecule has 1 fully saturated rings. The summed E-state index contributed by atoms with van der Waals surface area (Å²) in [6.45, 7) is 6.02. The minimum Gasteiger partial charge on any atom is -0.354 e. The highest BCUT2D eigenvalue weighted by molar-refractivity contribution is 6.30. The Bertz CT molecular complexity index is 794. The first-order valence-corrected chi connectivity index (χ1v) is 9.14. The van der Waals surface area contributed by atoms with Crippen LogP contribution in [0, 0.1) is 25.6 Å². The van der Waals surface area contributed by atoms with Crippen LogP contribution >= 0.6 is 11.6 Å². The highest BCUT2D eigenvalue weighted by Crippen LogP contribution is 2.25. The number of piperidine rings is 1. The molecule has 1 unspecified atom stereocenters. The molecule has 1 saturated heterocycles. The summed E-state index contributed by atoms with van der Waals surface area (Å²) in [4.78, 5) is 18.2. The first kappa shape index (κ1) is 18.6. The van der Waals surface area contributed by atoms with Crippen LogP contribution in [0.25, 0.3) is 0 Å². The van der Waals surface area contributed by atoms with Crippen molar-refractivity contribution in [1.29, 1.82) is 0 Å². The number of carbonyl (C=O) groups is 1. The van der Waals surface area contributed by atoms with Crippen LogP contribution in [-0.4, -0.2) is 40.3 Å². The van der Waals surface area contributed by atoms with Crippen LogP contribution in [0.3, 0.4) is 0 Å². The van der Waals surface area contributed by atoms with Crippen LogP contribution in [0.1, 0.15) is 24.2 Å². The van der Waals surface area contributed by atoms with Crippen LogP contribution in [-0.2, 0) is 11.3 Å². The third-order valence-electron chi connectivity index (χ3n) is 4.59. The Kier molecular flexibility index (Phi) is 5.76. The van der Waals surface area contributed by atoms with E-state index < -0.39 is 5.82 Å². The van der Waals surface area contributed by atoms with E-state index in [0.29, 0.717) is 18.9 Å². The Morgan fingerprint density at radius 1 is 1.42 bits per heavy atom. The van der Waals surface area contributed by atoms with E-state index in [1.54, 1.807) is 4.68 Å². The van der Waals surface area contributed by atoms with Gasteiger partial charge in [0.15, 0.2) is 11.6 Å². The summed E-state index contributed by atoms with van der Waals surface area (Å²) in [7, 11) is 0. The third kappa shape index (κ3) is 4.52. The Hall–Kier alpha value is -2.15. The second-order valence-electron chi connectivity index (χ2n) is 6.80. The van der Waals surface area contributed by atoms with Crippen LogP contribution in [0.4, 0.5) is 10.2 Å². The number of nitrogens with zero attached hydrogens (tertiary/aromatic N) is 4. The van der Waals surface area contributed by atoms with Crippen molar-refractivity contribution in [2.24, 2.45) is 5.92 Å².